The first-order valence-corrected chi connectivity index (χ1v) is 7.91. The molecular formula is C20H23N3. The molecule has 0 atom stereocenters. The highest BCUT2D eigenvalue weighted by atomic mass is 15.3. The van der Waals surface area contributed by atoms with Gasteiger partial charge in [0.25, 0.3) is 0 Å². The van der Waals surface area contributed by atoms with Crippen molar-refractivity contribution in [1.29, 1.82) is 0 Å². The van der Waals surface area contributed by atoms with Gasteiger partial charge in [0, 0.05) is 18.9 Å². The summed E-state index contributed by atoms with van der Waals surface area (Å²) in [7, 11) is 4.22. The van der Waals surface area contributed by atoms with Crippen molar-refractivity contribution in [2.75, 3.05) is 14.1 Å². The fraction of sp³-hybridized carbons (Fsp3) is 0.250. The van der Waals surface area contributed by atoms with E-state index >= 15 is 0 Å². The summed E-state index contributed by atoms with van der Waals surface area (Å²) in [5.41, 5.74) is 7.63. The highest BCUT2D eigenvalue weighted by Crippen LogP contribution is 2.34. The number of hydrogen-bond acceptors (Lipinski definition) is 2. The Hall–Kier alpha value is -2.39. The second-order valence-electron chi connectivity index (χ2n) is 6.26. The average Bonchev–Trinajstić information content (AvgIpc) is 3.01. The van der Waals surface area contributed by atoms with E-state index in [9.17, 15) is 0 Å². The van der Waals surface area contributed by atoms with Gasteiger partial charge in [-0.1, -0.05) is 36.4 Å². The highest BCUT2D eigenvalue weighted by molar-refractivity contribution is 5.75. The number of benzene rings is 2. The quantitative estimate of drug-likeness (QED) is 0.719. The molecule has 0 fully saturated rings. The van der Waals surface area contributed by atoms with Crippen molar-refractivity contribution in [2.24, 2.45) is 0 Å². The topological polar surface area (TPSA) is 21.1 Å². The van der Waals surface area contributed by atoms with E-state index in [0.717, 1.165) is 6.54 Å². The van der Waals surface area contributed by atoms with Gasteiger partial charge in [0.2, 0.25) is 0 Å². The van der Waals surface area contributed by atoms with Crippen LogP contribution in [-0.2, 0) is 6.54 Å². The Labute approximate surface area is 138 Å². The van der Waals surface area contributed by atoms with Crippen LogP contribution >= 0.6 is 0 Å². The molecule has 0 saturated heterocycles. The molecule has 23 heavy (non-hydrogen) atoms. The van der Waals surface area contributed by atoms with Crippen molar-refractivity contribution < 1.29 is 0 Å². The van der Waals surface area contributed by atoms with Gasteiger partial charge in [-0.25, -0.2) is 4.68 Å². The minimum Gasteiger partial charge on any atom is -0.305 e. The van der Waals surface area contributed by atoms with Crippen LogP contribution in [0.5, 0.6) is 0 Å². The van der Waals surface area contributed by atoms with Crippen LogP contribution in [-0.4, -0.2) is 28.8 Å². The monoisotopic (exact) mass is 305 g/mol. The lowest BCUT2D eigenvalue weighted by atomic mass is 9.91. The second kappa shape index (κ2) is 6.39. The van der Waals surface area contributed by atoms with Crippen LogP contribution in [0.25, 0.3) is 16.8 Å². The van der Waals surface area contributed by atoms with Crippen molar-refractivity contribution in [2.45, 2.75) is 20.4 Å². The maximum absolute atomic E-state index is 4.44. The van der Waals surface area contributed by atoms with Crippen molar-refractivity contribution in [3.05, 3.63) is 71.5 Å². The molecule has 0 spiro atoms. The lowest BCUT2D eigenvalue weighted by molar-refractivity contribution is 0.403. The highest BCUT2D eigenvalue weighted by Gasteiger charge is 2.16. The molecule has 0 unspecified atom stereocenters. The Morgan fingerprint density at radius 2 is 1.78 bits per heavy atom. The van der Waals surface area contributed by atoms with Gasteiger partial charge in [0.15, 0.2) is 0 Å². The molecule has 3 nitrogen and oxygen atoms in total. The SMILES string of the molecule is Cc1cc(CN(C)C)c(-c2ccccc2)c(C)c1-n1cccn1. The van der Waals surface area contributed by atoms with E-state index in [4.69, 9.17) is 0 Å². The molecule has 1 aromatic heterocycles. The third-order valence-corrected chi connectivity index (χ3v) is 4.10. The lowest BCUT2D eigenvalue weighted by Crippen LogP contribution is -2.13. The summed E-state index contributed by atoms with van der Waals surface area (Å²) in [5.74, 6) is 0. The Morgan fingerprint density at radius 1 is 1.04 bits per heavy atom. The molecule has 0 radical (unpaired) electrons. The van der Waals surface area contributed by atoms with Gasteiger partial charge in [-0.15, -0.1) is 0 Å². The minimum atomic E-state index is 0.922. The first kappa shape index (κ1) is 15.5. The van der Waals surface area contributed by atoms with Gasteiger partial charge in [-0.2, -0.15) is 5.10 Å². The number of aromatic nitrogens is 2. The van der Waals surface area contributed by atoms with E-state index in [2.05, 4.69) is 74.3 Å². The van der Waals surface area contributed by atoms with Crippen LogP contribution < -0.4 is 0 Å². The van der Waals surface area contributed by atoms with Gasteiger partial charge >= 0.3 is 0 Å². The molecule has 1 heterocycles. The molecule has 0 aliphatic heterocycles. The summed E-state index contributed by atoms with van der Waals surface area (Å²) >= 11 is 0. The number of aryl methyl sites for hydroxylation is 1. The summed E-state index contributed by atoms with van der Waals surface area (Å²) in [6.45, 7) is 5.29. The van der Waals surface area contributed by atoms with E-state index in [1.165, 1.54) is 33.5 Å². The van der Waals surface area contributed by atoms with Crippen LogP contribution in [0.4, 0.5) is 0 Å². The average molecular weight is 305 g/mol. The van der Waals surface area contributed by atoms with Gasteiger partial charge in [-0.05, 0) is 61.8 Å². The van der Waals surface area contributed by atoms with E-state index in [1.54, 1.807) is 0 Å². The number of rotatable bonds is 4. The molecule has 2 aromatic carbocycles. The summed E-state index contributed by atoms with van der Waals surface area (Å²) in [6.07, 6.45) is 3.84. The first-order valence-electron chi connectivity index (χ1n) is 7.91. The predicted octanol–water partition coefficient (Wildman–Crippen LogP) is 4.22. The van der Waals surface area contributed by atoms with Gasteiger partial charge in [0.05, 0.1) is 5.69 Å². The van der Waals surface area contributed by atoms with Crippen molar-refractivity contribution in [3.63, 3.8) is 0 Å². The molecule has 3 rings (SSSR count). The van der Waals surface area contributed by atoms with Gasteiger partial charge in [0.1, 0.15) is 0 Å². The number of nitrogens with zero attached hydrogens (tertiary/aromatic N) is 3. The predicted molar refractivity (Wildman–Crippen MR) is 95.9 cm³/mol. The zero-order valence-corrected chi connectivity index (χ0v) is 14.2. The smallest absolute Gasteiger partial charge is 0.0710 e. The zero-order valence-electron chi connectivity index (χ0n) is 14.2. The molecule has 3 aromatic rings. The number of hydrogen-bond donors (Lipinski definition) is 0. The third kappa shape index (κ3) is 3.06. The van der Waals surface area contributed by atoms with Gasteiger partial charge < -0.3 is 4.90 Å². The Bertz CT molecular complexity index is 788. The van der Waals surface area contributed by atoms with Crippen LogP contribution in [0.2, 0.25) is 0 Å². The Kier molecular flexibility index (Phi) is 4.30. The minimum absolute atomic E-state index is 0.922. The largest absolute Gasteiger partial charge is 0.305 e. The third-order valence-electron chi connectivity index (χ3n) is 4.10. The van der Waals surface area contributed by atoms with E-state index in [-0.39, 0.29) is 0 Å². The molecular weight excluding hydrogens is 282 g/mol. The Balaban J connectivity index is 2.27. The van der Waals surface area contributed by atoms with Crippen LogP contribution in [0, 0.1) is 13.8 Å². The summed E-state index contributed by atoms with van der Waals surface area (Å²) < 4.78 is 1.97. The van der Waals surface area contributed by atoms with E-state index in [0.29, 0.717) is 0 Å². The van der Waals surface area contributed by atoms with Crippen LogP contribution in [0.1, 0.15) is 16.7 Å². The molecule has 3 heteroatoms. The molecule has 118 valence electrons. The normalized spacial score (nSPS) is 11.2. The second-order valence-corrected chi connectivity index (χ2v) is 6.26. The summed E-state index contributed by atoms with van der Waals surface area (Å²) in [4.78, 5) is 2.22. The van der Waals surface area contributed by atoms with E-state index < -0.39 is 0 Å². The lowest BCUT2D eigenvalue weighted by Gasteiger charge is -2.21. The van der Waals surface area contributed by atoms with Crippen molar-refractivity contribution >= 4 is 0 Å². The molecule has 0 N–H and O–H groups in total. The maximum Gasteiger partial charge on any atom is 0.0710 e. The zero-order chi connectivity index (χ0) is 16.4. The Morgan fingerprint density at radius 3 is 2.39 bits per heavy atom. The summed E-state index contributed by atoms with van der Waals surface area (Å²) in [6, 6.07) is 14.9. The van der Waals surface area contributed by atoms with E-state index in [1.807, 2.05) is 23.1 Å². The fourth-order valence-electron chi connectivity index (χ4n) is 3.28. The van der Waals surface area contributed by atoms with Crippen LogP contribution in [0.3, 0.4) is 0 Å². The molecule has 0 aliphatic rings. The fourth-order valence-corrected chi connectivity index (χ4v) is 3.28. The first-order chi connectivity index (χ1) is 11.1. The molecule has 0 bridgehead atoms. The molecule has 0 aliphatic carbocycles. The molecule has 0 saturated carbocycles. The standard InChI is InChI=1S/C20H23N3/c1-15-13-18(14-22(3)4)19(17-9-6-5-7-10-17)16(2)20(15)23-12-8-11-21-23/h5-13H,14H2,1-4H3. The summed E-state index contributed by atoms with van der Waals surface area (Å²) in [5, 5.41) is 4.44. The molecule has 0 amide bonds. The van der Waals surface area contributed by atoms with Crippen LogP contribution in [0.15, 0.2) is 54.9 Å². The van der Waals surface area contributed by atoms with Crippen molar-refractivity contribution in [3.8, 4) is 16.8 Å². The van der Waals surface area contributed by atoms with Crippen molar-refractivity contribution in [1.82, 2.24) is 14.7 Å². The van der Waals surface area contributed by atoms with Gasteiger partial charge in [-0.3, -0.25) is 0 Å². The maximum atomic E-state index is 4.44.